The Balaban J connectivity index is 1.63. The van der Waals surface area contributed by atoms with Crippen LogP contribution in [-0.2, 0) is 6.54 Å². The molecule has 0 saturated carbocycles. The fourth-order valence-corrected chi connectivity index (χ4v) is 2.95. The first kappa shape index (κ1) is 16.4. The van der Waals surface area contributed by atoms with E-state index in [1.54, 1.807) is 29.1 Å². The molecule has 0 spiro atoms. The molecule has 5 heteroatoms. The molecule has 4 nitrogen and oxygen atoms in total. The number of halogens is 1. The number of aromatic nitrogens is 2. The van der Waals surface area contributed by atoms with Crippen LogP contribution in [0.4, 0.5) is 10.2 Å². The van der Waals surface area contributed by atoms with Crippen molar-refractivity contribution < 1.29 is 4.39 Å². The molecule has 24 heavy (non-hydrogen) atoms. The van der Waals surface area contributed by atoms with Crippen LogP contribution in [0.25, 0.3) is 0 Å². The van der Waals surface area contributed by atoms with Crippen molar-refractivity contribution in [2.45, 2.75) is 38.6 Å². The maximum absolute atomic E-state index is 13.0. The number of anilines is 1. The monoisotopic (exact) mass is 327 g/mol. The van der Waals surface area contributed by atoms with Crippen molar-refractivity contribution >= 4 is 5.82 Å². The molecule has 1 aromatic heterocycles. The Labute approximate surface area is 141 Å². The van der Waals surface area contributed by atoms with E-state index in [1.165, 1.54) is 43.4 Å². The van der Waals surface area contributed by atoms with Crippen molar-refractivity contribution in [1.29, 1.82) is 0 Å². The van der Waals surface area contributed by atoms with Crippen molar-refractivity contribution in [2.24, 2.45) is 0 Å². The zero-order chi connectivity index (χ0) is 16.8. The molecule has 0 bridgehead atoms. The number of hydrogen-bond donors (Lipinski definition) is 1. The van der Waals surface area contributed by atoms with Crippen LogP contribution in [0, 0.1) is 5.82 Å². The van der Waals surface area contributed by atoms with Crippen molar-refractivity contribution in [3.05, 3.63) is 70.0 Å². The molecule has 0 atom stereocenters. The van der Waals surface area contributed by atoms with Crippen LogP contribution >= 0.6 is 0 Å². The number of hydrogen-bond acceptors (Lipinski definition) is 3. The molecule has 1 aromatic carbocycles. The van der Waals surface area contributed by atoms with E-state index in [0.29, 0.717) is 18.9 Å². The maximum Gasteiger partial charge on any atom is 0.293 e. The second-order valence-electron chi connectivity index (χ2n) is 6.12. The van der Waals surface area contributed by atoms with Gasteiger partial charge in [-0.25, -0.2) is 9.37 Å². The molecule has 1 N–H and O–H groups in total. The summed E-state index contributed by atoms with van der Waals surface area (Å²) in [6.45, 7) is 1.12. The van der Waals surface area contributed by atoms with E-state index in [0.717, 1.165) is 12.0 Å². The van der Waals surface area contributed by atoms with Gasteiger partial charge in [-0.2, -0.15) is 0 Å². The third-order valence-corrected chi connectivity index (χ3v) is 4.30. The molecule has 0 unspecified atom stereocenters. The zero-order valence-corrected chi connectivity index (χ0v) is 13.7. The van der Waals surface area contributed by atoms with Gasteiger partial charge in [-0.05, 0) is 49.8 Å². The fourth-order valence-electron chi connectivity index (χ4n) is 2.95. The molecule has 0 saturated heterocycles. The standard InChI is InChI=1S/C19H22FN3O/c20-17-8-6-16(7-9-17)14-23-13-12-22-18(19(23)24)21-11-10-15-4-2-1-3-5-15/h4,6-9,12-13H,1-3,5,10-11,14H2,(H,21,22). The van der Waals surface area contributed by atoms with Gasteiger partial charge in [-0.3, -0.25) is 4.79 Å². The van der Waals surface area contributed by atoms with E-state index in [1.807, 2.05) is 0 Å². The van der Waals surface area contributed by atoms with Gasteiger partial charge in [0.1, 0.15) is 5.82 Å². The second kappa shape index (κ2) is 7.90. The first-order valence-corrected chi connectivity index (χ1v) is 8.44. The van der Waals surface area contributed by atoms with Gasteiger partial charge in [0, 0.05) is 18.9 Å². The third kappa shape index (κ3) is 4.31. The molecule has 1 aliphatic rings. The lowest BCUT2D eigenvalue weighted by atomic mass is 9.97. The average Bonchev–Trinajstić information content (AvgIpc) is 2.61. The van der Waals surface area contributed by atoms with Crippen molar-refractivity contribution in [2.75, 3.05) is 11.9 Å². The highest BCUT2D eigenvalue weighted by Crippen LogP contribution is 2.19. The van der Waals surface area contributed by atoms with E-state index in [-0.39, 0.29) is 11.4 Å². The van der Waals surface area contributed by atoms with E-state index < -0.39 is 0 Å². The number of benzene rings is 1. The van der Waals surface area contributed by atoms with E-state index in [9.17, 15) is 9.18 Å². The lowest BCUT2D eigenvalue weighted by molar-refractivity contribution is 0.626. The van der Waals surface area contributed by atoms with Gasteiger partial charge in [0.2, 0.25) is 0 Å². The smallest absolute Gasteiger partial charge is 0.293 e. The minimum atomic E-state index is -0.278. The Morgan fingerprint density at radius 1 is 1.21 bits per heavy atom. The molecule has 126 valence electrons. The van der Waals surface area contributed by atoms with Crippen molar-refractivity contribution in [3.8, 4) is 0 Å². The summed E-state index contributed by atoms with van der Waals surface area (Å²) in [6, 6.07) is 6.17. The Bertz CT molecular complexity index is 765. The van der Waals surface area contributed by atoms with Gasteiger partial charge in [0.05, 0.1) is 6.54 Å². The predicted molar refractivity (Wildman–Crippen MR) is 93.7 cm³/mol. The molecule has 0 aliphatic heterocycles. The molecule has 0 radical (unpaired) electrons. The Morgan fingerprint density at radius 3 is 2.79 bits per heavy atom. The number of allylic oxidation sites excluding steroid dienone is 1. The fraction of sp³-hybridized carbons (Fsp3) is 0.368. The number of rotatable bonds is 6. The summed E-state index contributed by atoms with van der Waals surface area (Å²) in [4.78, 5) is 16.6. The highest BCUT2D eigenvalue weighted by molar-refractivity contribution is 5.31. The first-order chi connectivity index (χ1) is 11.7. The highest BCUT2D eigenvalue weighted by atomic mass is 19.1. The quantitative estimate of drug-likeness (QED) is 0.822. The topological polar surface area (TPSA) is 46.9 Å². The number of nitrogens with one attached hydrogen (secondary N) is 1. The Hall–Kier alpha value is -2.43. The SMILES string of the molecule is O=c1c(NCCC2=CCCCC2)nccn1Cc1ccc(F)cc1. The van der Waals surface area contributed by atoms with Gasteiger partial charge in [0.25, 0.3) is 5.56 Å². The summed E-state index contributed by atoms with van der Waals surface area (Å²) in [5.41, 5.74) is 2.19. The maximum atomic E-state index is 13.0. The van der Waals surface area contributed by atoms with Crippen LogP contribution in [0.5, 0.6) is 0 Å². The largest absolute Gasteiger partial charge is 0.365 e. The van der Waals surface area contributed by atoms with Gasteiger partial charge < -0.3 is 9.88 Å². The molecule has 3 rings (SSSR count). The molecular formula is C19H22FN3O. The third-order valence-electron chi connectivity index (χ3n) is 4.30. The lowest BCUT2D eigenvalue weighted by Gasteiger charge is -2.13. The van der Waals surface area contributed by atoms with Gasteiger partial charge in [-0.15, -0.1) is 0 Å². The van der Waals surface area contributed by atoms with Crippen LogP contribution in [0.15, 0.2) is 53.1 Å². The minimum Gasteiger partial charge on any atom is -0.365 e. The van der Waals surface area contributed by atoms with E-state index in [4.69, 9.17) is 0 Å². The first-order valence-electron chi connectivity index (χ1n) is 8.44. The van der Waals surface area contributed by atoms with Crippen molar-refractivity contribution in [3.63, 3.8) is 0 Å². The summed E-state index contributed by atoms with van der Waals surface area (Å²) in [7, 11) is 0. The van der Waals surface area contributed by atoms with Crippen molar-refractivity contribution in [1.82, 2.24) is 9.55 Å². The summed E-state index contributed by atoms with van der Waals surface area (Å²) in [5, 5.41) is 3.15. The summed E-state index contributed by atoms with van der Waals surface area (Å²) < 4.78 is 14.6. The van der Waals surface area contributed by atoms with Crippen LogP contribution < -0.4 is 10.9 Å². The molecule has 2 aromatic rings. The zero-order valence-electron chi connectivity index (χ0n) is 13.7. The van der Waals surface area contributed by atoms with Gasteiger partial charge >= 0.3 is 0 Å². The van der Waals surface area contributed by atoms with Crippen LogP contribution in [0.1, 0.15) is 37.7 Å². The summed E-state index contributed by atoms with van der Waals surface area (Å²) >= 11 is 0. The summed E-state index contributed by atoms with van der Waals surface area (Å²) in [5.74, 6) is 0.0937. The molecular weight excluding hydrogens is 305 g/mol. The predicted octanol–water partition coefficient (Wildman–Crippen LogP) is 3.73. The van der Waals surface area contributed by atoms with Gasteiger partial charge in [-0.1, -0.05) is 23.8 Å². The van der Waals surface area contributed by atoms with E-state index in [2.05, 4.69) is 16.4 Å². The lowest BCUT2D eigenvalue weighted by Crippen LogP contribution is -2.25. The number of nitrogens with zero attached hydrogens (tertiary/aromatic N) is 2. The highest BCUT2D eigenvalue weighted by Gasteiger charge is 2.07. The minimum absolute atomic E-state index is 0.153. The van der Waals surface area contributed by atoms with Gasteiger partial charge in [0.15, 0.2) is 5.82 Å². The Morgan fingerprint density at radius 2 is 2.04 bits per heavy atom. The molecule has 1 heterocycles. The normalized spacial score (nSPS) is 14.3. The summed E-state index contributed by atoms with van der Waals surface area (Å²) in [6.07, 6.45) is 11.4. The second-order valence-corrected chi connectivity index (χ2v) is 6.12. The van der Waals surface area contributed by atoms with E-state index >= 15 is 0 Å². The van der Waals surface area contributed by atoms with Crippen LogP contribution in [0.2, 0.25) is 0 Å². The average molecular weight is 327 g/mol. The molecule has 1 aliphatic carbocycles. The molecule has 0 amide bonds. The molecule has 0 fully saturated rings. The van der Waals surface area contributed by atoms with Crippen LogP contribution in [0.3, 0.4) is 0 Å². The van der Waals surface area contributed by atoms with Crippen LogP contribution in [-0.4, -0.2) is 16.1 Å². The Kier molecular flexibility index (Phi) is 5.41.